The minimum Gasteiger partial charge on any atom is -0.440 e. The summed E-state index contributed by atoms with van der Waals surface area (Å²) >= 11 is 1.68. The zero-order valence-electron chi connectivity index (χ0n) is 14.5. The Morgan fingerprint density at radius 3 is 2.77 bits per heavy atom. The Labute approximate surface area is 163 Å². The van der Waals surface area contributed by atoms with Crippen LogP contribution in [-0.4, -0.2) is 28.9 Å². The van der Waals surface area contributed by atoms with E-state index in [0.717, 1.165) is 16.8 Å². The Bertz CT molecular complexity index is 854. The van der Waals surface area contributed by atoms with Crippen LogP contribution in [0.5, 0.6) is 0 Å². The van der Waals surface area contributed by atoms with Gasteiger partial charge in [0.2, 0.25) is 5.91 Å². The van der Waals surface area contributed by atoms with Crippen molar-refractivity contribution in [3.63, 3.8) is 0 Å². The van der Waals surface area contributed by atoms with Gasteiger partial charge in [0.1, 0.15) is 5.52 Å². The molecule has 0 spiro atoms. The third-order valence-electron chi connectivity index (χ3n) is 3.87. The van der Waals surface area contributed by atoms with Crippen LogP contribution in [0, 0.1) is 0 Å². The van der Waals surface area contributed by atoms with Gasteiger partial charge in [0.05, 0.1) is 6.04 Å². The monoisotopic (exact) mass is 391 g/mol. The van der Waals surface area contributed by atoms with Crippen molar-refractivity contribution < 1.29 is 9.21 Å². The molecule has 0 aliphatic rings. The first-order valence-corrected chi connectivity index (χ1v) is 9.54. The molecule has 7 heteroatoms. The van der Waals surface area contributed by atoms with Crippen molar-refractivity contribution in [3.05, 3.63) is 60.0 Å². The number of nitrogens with two attached hydrogens (primary N) is 1. The number of anilines is 1. The van der Waals surface area contributed by atoms with Gasteiger partial charge in [-0.15, -0.1) is 12.4 Å². The number of benzene rings is 2. The molecule has 3 rings (SSSR count). The van der Waals surface area contributed by atoms with E-state index in [0.29, 0.717) is 30.0 Å². The van der Waals surface area contributed by atoms with Crippen molar-refractivity contribution in [1.82, 2.24) is 4.98 Å². The van der Waals surface area contributed by atoms with Crippen LogP contribution in [0.3, 0.4) is 0 Å². The summed E-state index contributed by atoms with van der Waals surface area (Å²) in [5, 5.41) is 2.84. The molecule has 0 saturated heterocycles. The molecule has 26 heavy (non-hydrogen) atoms. The van der Waals surface area contributed by atoms with E-state index in [1.807, 2.05) is 48.7 Å². The standard InChI is InChI=1S/C19H21N3O2S.ClH/c1-25-10-9-15(20)19(23)21-14-7-8-16-17(12-14)24-18(22-16)11-13-5-3-2-4-6-13;/h2-8,12,15H,9-11,20H2,1H3,(H,21,23);1H/t15-;/m0./s1. The zero-order chi connectivity index (χ0) is 17.6. The lowest BCUT2D eigenvalue weighted by atomic mass is 10.1. The van der Waals surface area contributed by atoms with E-state index >= 15 is 0 Å². The number of hydrogen-bond donors (Lipinski definition) is 2. The molecule has 0 saturated carbocycles. The maximum Gasteiger partial charge on any atom is 0.241 e. The van der Waals surface area contributed by atoms with Gasteiger partial charge < -0.3 is 15.5 Å². The van der Waals surface area contributed by atoms with E-state index in [9.17, 15) is 4.79 Å². The molecule has 0 aliphatic heterocycles. The summed E-state index contributed by atoms with van der Waals surface area (Å²) in [6.45, 7) is 0. The van der Waals surface area contributed by atoms with Crippen LogP contribution in [0.2, 0.25) is 0 Å². The topological polar surface area (TPSA) is 81.2 Å². The van der Waals surface area contributed by atoms with Gasteiger partial charge in [-0.2, -0.15) is 11.8 Å². The fraction of sp³-hybridized carbons (Fsp3) is 0.263. The summed E-state index contributed by atoms with van der Waals surface area (Å²) in [6.07, 6.45) is 3.28. The average molecular weight is 392 g/mol. The van der Waals surface area contributed by atoms with Gasteiger partial charge in [0.25, 0.3) is 0 Å². The van der Waals surface area contributed by atoms with Gasteiger partial charge in [-0.3, -0.25) is 4.79 Å². The number of carbonyl (C=O) groups is 1. The number of fused-ring (bicyclic) bond motifs is 1. The maximum absolute atomic E-state index is 12.1. The van der Waals surface area contributed by atoms with Crippen molar-refractivity contribution in [2.75, 3.05) is 17.3 Å². The number of amides is 1. The molecule has 2 aromatic carbocycles. The zero-order valence-corrected chi connectivity index (χ0v) is 16.1. The summed E-state index contributed by atoms with van der Waals surface area (Å²) < 4.78 is 5.82. The number of nitrogens with zero attached hydrogens (tertiary/aromatic N) is 1. The Balaban J connectivity index is 0.00000243. The van der Waals surface area contributed by atoms with Crippen molar-refractivity contribution in [3.8, 4) is 0 Å². The van der Waals surface area contributed by atoms with E-state index in [-0.39, 0.29) is 18.3 Å². The smallest absolute Gasteiger partial charge is 0.241 e. The van der Waals surface area contributed by atoms with Crippen molar-refractivity contribution >= 4 is 46.9 Å². The van der Waals surface area contributed by atoms with Crippen molar-refractivity contribution in [1.29, 1.82) is 0 Å². The van der Waals surface area contributed by atoms with Crippen LogP contribution >= 0.6 is 24.2 Å². The predicted molar refractivity (Wildman–Crippen MR) is 110 cm³/mol. The van der Waals surface area contributed by atoms with E-state index in [1.54, 1.807) is 17.8 Å². The third kappa shape index (κ3) is 5.24. The minimum atomic E-state index is -0.508. The second-order valence-electron chi connectivity index (χ2n) is 5.83. The Morgan fingerprint density at radius 1 is 1.27 bits per heavy atom. The van der Waals surface area contributed by atoms with Gasteiger partial charge in [-0.05, 0) is 36.1 Å². The Hall–Kier alpha value is -2.02. The number of aromatic nitrogens is 1. The van der Waals surface area contributed by atoms with Crippen LogP contribution in [0.1, 0.15) is 17.9 Å². The van der Waals surface area contributed by atoms with Gasteiger partial charge in [-0.1, -0.05) is 30.3 Å². The normalized spacial score (nSPS) is 11.8. The summed E-state index contributed by atoms with van der Waals surface area (Å²) in [7, 11) is 0. The lowest BCUT2D eigenvalue weighted by Gasteiger charge is -2.11. The highest BCUT2D eigenvalue weighted by Crippen LogP contribution is 2.22. The fourth-order valence-electron chi connectivity index (χ4n) is 2.51. The lowest BCUT2D eigenvalue weighted by Crippen LogP contribution is -2.36. The molecule has 5 nitrogen and oxygen atoms in total. The Morgan fingerprint density at radius 2 is 2.04 bits per heavy atom. The highest BCUT2D eigenvalue weighted by atomic mass is 35.5. The van der Waals surface area contributed by atoms with E-state index in [1.165, 1.54) is 0 Å². The average Bonchev–Trinajstić information content (AvgIpc) is 3.01. The highest BCUT2D eigenvalue weighted by Gasteiger charge is 2.14. The van der Waals surface area contributed by atoms with Crippen LogP contribution in [0.15, 0.2) is 52.9 Å². The fourth-order valence-corrected chi connectivity index (χ4v) is 3.00. The molecule has 1 aromatic heterocycles. The maximum atomic E-state index is 12.1. The summed E-state index contributed by atoms with van der Waals surface area (Å²) in [4.78, 5) is 16.6. The third-order valence-corrected chi connectivity index (χ3v) is 4.51. The molecule has 0 unspecified atom stereocenters. The molecule has 138 valence electrons. The number of thioether (sulfide) groups is 1. The molecule has 3 N–H and O–H groups in total. The van der Waals surface area contributed by atoms with Gasteiger partial charge >= 0.3 is 0 Å². The quantitative estimate of drug-likeness (QED) is 0.639. The SMILES string of the molecule is CSCC[C@H](N)C(=O)Nc1ccc2nc(Cc3ccccc3)oc2c1.Cl. The van der Waals surface area contributed by atoms with Crippen LogP contribution in [-0.2, 0) is 11.2 Å². The minimum absolute atomic E-state index is 0. The number of oxazole rings is 1. The van der Waals surface area contributed by atoms with Gasteiger partial charge in [-0.25, -0.2) is 4.98 Å². The first kappa shape index (κ1) is 20.3. The largest absolute Gasteiger partial charge is 0.440 e. The van der Waals surface area contributed by atoms with Crippen LogP contribution in [0.25, 0.3) is 11.1 Å². The van der Waals surface area contributed by atoms with Crippen molar-refractivity contribution in [2.24, 2.45) is 5.73 Å². The number of hydrogen-bond acceptors (Lipinski definition) is 5. The summed E-state index contributed by atoms with van der Waals surface area (Å²) in [5.74, 6) is 1.33. The van der Waals surface area contributed by atoms with E-state index in [4.69, 9.17) is 10.2 Å². The second-order valence-corrected chi connectivity index (χ2v) is 6.82. The first-order valence-electron chi connectivity index (χ1n) is 8.14. The molecule has 1 amide bonds. The molecule has 1 heterocycles. The number of carbonyl (C=O) groups excluding carboxylic acids is 1. The molecule has 0 bridgehead atoms. The summed E-state index contributed by atoms with van der Waals surface area (Å²) in [5.41, 5.74) is 9.13. The number of nitrogens with one attached hydrogen (secondary N) is 1. The van der Waals surface area contributed by atoms with Gasteiger partial charge in [0.15, 0.2) is 11.5 Å². The van der Waals surface area contributed by atoms with Gasteiger partial charge in [0, 0.05) is 18.2 Å². The number of rotatable bonds is 7. The lowest BCUT2D eigenvalue weighted by molar-refractivity contribution is -0.117. The molecular formula is C19H22ClN3O2S. The highest BCUT2D eigenvalue weighted by molar-refractivity contribution is 7.98. The van der Waals surface area contributed by atoms with Crippen LogP contribution < -0.4 is 11.1 Å². The van der Waals surface area contributed by atoms with Crippen LogP contribution in [0.4, 0.5) is 5.69 Å². The number of halogens is 1. The molecule has 3 aromatic rings. The molecular weight excluding hydrogens is 370 g/mol. The van der Waals surface area contributed by atoms with Crippen molar-refractivity contribution in [2.45, 2.75) is 18.9 Å². The first-order chi connectivity index (χ1) is 12.2. The molecule has 0 aliphatic carbocycles. The van der Waals surface area contributed by atoms with E-state index in [2.05, 4.69) is 10.3 Å². The molecule has 0 radical (unpaired) electrons. The molecule has 1 atom stereocenters. The molecule has 0 fully saturated rings. The Kier molecular flexibility index (Phi) is 7.50. The second kappa shape index (κ2) is 9.62. The van der Waals surface area contributed by atoms with E-state index < -0.39 is 6.04 Å². The summed E-state index contributed by atoms with van der Waals surface area (Å²) in [6, 6.07) is 15.0. The predicted octanol–water partition coefficient (Wildman–Crippen LogP) is 3.86.